The van der Waals surface area contributed by atoms with Crippen LogP contribution in [0.15, 0.2) is 18.2 Å². The number of aryl methyl sites for hydroxylation is 1. The lowest BCUT2D eigenvalue weighted by Crippen LogP contribution is -2.43. The molecule has 2 rings (SSSR count). The molecule has 1 aliphatic heterocycles. The molecule has 0 spiro atoms. The van der Waals surface area contributed by atoms with Crippen LogP contribution >= 0.6 is 0 Å². The summed E-state index contributed by atoms with van der Waals surface area (Å²) >= 11 is 0. The van der Waals surface area contributed by atoms with E-state index in [-0.39, 0.29) is 30.0 Å². The summed E-state index contributed by atoms with van der Waals surface area (Å²) in [7, 11) is -1.42. The highest BCUT2D eigenvalue weighted by Crippen LogP contribution is 2.25. The maximum atomic E-state index is 12.5. The minimum absolute atomic E-state index is 0.0698. The van der Waals surface area contributed by atoms with Gasteiger partial charge in [0.2, 0.25) is 5.91 Å². The van der Waals surface area contributed by atoms with Crippen LogP contribution < -0.4 is 10.1 Å². The number of rotatable bonds is 6. The zero-order chi connectivity index (χ0) is 17.0. The molecule has 0 aliphatic carbocycles. The average Bonchev–Trinajstić information content (AvgIpc) is 2.86. The Kier molecular flexibility index (Phi) is 5.51. The fourth-order valence-electron chi connectivity index (χ4n) is 2.89. The van der Waals surface area contributed by atoms with E-state index in [1.54, 1.807) is 12.0 Å². The van der Waals surface area contributed by atoms with Gasteiger partial charge in [0, 0.05) is 12.6 Å². The van der Waals surface area contributed by atoms with Crippen molar-refractivity contribution in [1.29, 1.82) is 0 Å². The first-order valence-corrected chi connectivity index (χ1v) is 9.57. The zero-order valence-electron chi connectivity index (χ0n) is 13.8. The third-order valence-electron chi connectivity index (χ3n) is 4.10. The minimum Gasteiger partial charge on any atom is -0.495 e. The number of carbonyl (C=O) groups is 1. The Labute approximate surface area is 137 Å². The number of amides is 1. The monoisotopic (exact) mass is 340 g/mol. The fourth-order valence-corrected chi connectivity index (χ4v) is 4.62. The molecule has 128 valence electrons. The number of sulfone groups is 1. The number of methoxy groups -OCH3 is 1. The van der Waals surface area contributed by atoms with Crippen molar-refractivity contribution in [2.24, 2.45) is 0 Å². The highest BCUT2D eigenvalue weighted by Gasteiger charge is 2.33. The maximum absolute atomic E-state index is 12.5. The number of hydrogen-bond donors (Lipinski definition) is 1. The number of ether oxygens (including phenoxy) is 1. The summed E-state index contributed by atoms with van der Waals surface area (Å²) in [5.41, 5.74) is 1.82. The Hall–Kier alpha value is -1.76. The molecule has 1 aromatic carbocycles. The van der Waals surface area contributed by atoms with Gasteiger partial charge in [-0.05, 0) is 38.0 Å². The van der Waals surface area contributed by atoms with Crippen LogP contribution in [0.25, 0.3) is 0 Å². The van der Waals surface area contributed by atoms with E-state index in [9.17, 15) is 13.2 Å². The molecule has 1 fully saturated rings. The van der Waals surface area contributed by atoms with Gasteiger partial charge in [-0.1, -0.05) is 6.07 Å². The summed E-state index contributed by atoms with van der Waals surface area (Å²) in [5.74, 6) is 0.814. The maximum Gasteiger partial charge on any atom is 0.242 e. The Morgan fingerprint density at radius 3 is 2.74 bits per heavy atom. The first kappa shape index (κ1) is 17.6. The van der Waals surface area contributed by atoms with E-state index in [0.717, 1.165) is 11.3 Å². The molecule has 6 nitrogen and oxygen atoms in total. The molecule has 1 N–H and O–H groups in total. The smallest absolute Gasteiger partial charge is 0.242 e. The van der Waals surface area contributed by atoms with Gasteiger partial charge in [-0.25, -0.2) is 8.42 Å². The number of nitrogens with zero attached hydrogens (tertiary/aromatic N) is 1. The van der Waals surface area contributed by atoms with E-state index in [0.29, 0.717) is 18.7 Å². The van der Waals surface area contributed by atoms with Crippen LogP contribution in [-0.2, 0) is 14.6 Å². The van der Waals surface area contributed by atoms with Gasteiger partial charge in [0.25, 0.3) is 0 Å². The second-order valence-corrected chi connectivity index (χ2v) is 8.02. The lowest BCUT2D eigenvalue weighted by atomic mass is 10.2. The van der Waals surface area contributed by atoms with Crippen molar-refractivity contribution in [3.63, 3.8) is 0 Å². The van der Waals surface area contributed by atoms with Gasteiger partial charge in [-0.2, -0.15) is 0 Å². The summed E-state index contributed by atoms with van der Waals surface area (Å²) in [6.45, 7) is 4.46. The Morgan fingerprint density at radius 1 is 1.43 bits per heavy atom. The van der Waals surface area contributed by atoms with Gasteiger partial charge < -0.3 is 15.0 Å². The molecule has 1 atom stereocenters. The average molecular weight is 340 g/mol. The first-order valence-electron chi connectivity index (χ1n) is 7.74. The van der Waals surface area contributed by atoms with Gasteiger partial charge in [0.15, 0.2) is 9.84 Å². The topological polar surface area (TPSA) is 75.7 Å². The van der Waals surface area contributed by atoms with Crippen molar-refractivity contribution in [2.75, 3.05) is 37.0 Å². The number of likely N-dealkylation sites (N-methyl/N-ethyl adjacent to an activating group) is 1. The van der Waals surface area contributed by atoms with E-state index in [1.807, 2.05) is 32.0 Å². The second-order valence-electron chi connectivity index (χ2n) is 5.79. The van der Waals surface area contributed by atoms with E-state index >= 15 is 0 Å². The summed E-state index contributed by atoms with van der Waals surface area (Å²) in [6, 6.07) is 5.50. The van der Waals surface area contributed by atoms with Crippen molar-refractivity contribution in [3.8, 4) is 5.75 Å². The van der Waals surface area contributed by atoms with E-state index in [1.165, 1.54) is 0 Å². The van der Waals surface area contributed by atoms with Crippen molar-refractivity contribution in [1.82, 2.24) is 4.90 Å². The Morgan fingerprint density at radius 2 is 2.17 bits per heavy atom. The standard InChI is InChI=1S/C16H24N2O4S/c1-4-18(13-7-8-23(20,21)11-13)16(19)10-17-14-9-12(2)5-6-15(14)22-3/h5-6,9,13,17H,4,7-8,10-11H2,1-3H3. The Balaban J connectivity index is 2.02. The molecule has 1 amide bonds. The molecule has 0 aromatic heterocycles. The molecule has 1 saturated heterocycles. The van der Waals surface area contributed by atoms with E-state index in [4.69, 9.17) is 4.74 Å². The second kappa shape index (κ2) is 7.21. The molecule has 0 bridgehead atoms. The molecule has 23 heavy (non-hydrogen) atoms. The van der Waals surface area contributed by atoms with Gasteiger partial charge in [0.05, 0.1) is 30.8 Å². The predicted molar refractivity (Wildman–Crippen MR) is 90.7 cm³/mol. The minimum atomic E-state index is -3.00. The number of hydrogen-bond acceptors (Lipinski definition) is 5. The number of nitrogens with one attached hydrogen (secondary N) is 1. The SMILES string of the molecule is CCN(C(=O)CNc1cc(C)ccc1OC)C1CCS(=O)(=O)C1. The predicted octanol–water partition coefficient (Wildman–Crippen LogP) is 1.45. The van der Waals surface area contributed by atoms with Crippen LogP contribution in [0.3, 0.4) is 0 Å². The normalized spacial score (nSPS) is 19.3. The van der Waals surface area contributed by atoms with Crippen LogP contribution in [0.5, 0.6) is 5.75 Å². The number of carbonyl (C=O) groups excluding carboxylic acids is 1. The van der Waals surface area contributed by atoms with E-state index in [2.05, 4.69) is 5.32 Å². The third kappa shape index (κ3) is 4.37. The van der Waals surface area contributed by atoms with Gasteiger partial charge in [-0.15, -0.1) is 0 Å². The zero-order valence-corrected chi connectivity index (χ0v) is 14.6. The van der Waals surface area contributed by atoms with Crippen LogP contribution in [-0.4, -0.2) is 57.0 Å². The largest absolute Gasteiger partial charge is 0.495 e. The molecular formula is C16H24N2O4S. The van der Waals surface area contributed by atoms with Crippen LogP contribution in [0.2, 0.25) is 0 Å². The highest BCUT2D eigenvalue weighted by atomic mass is 32.2. The summed E-state index contributed by atoms with van der Waals surface area (Å²) in [5, 5.41) is 3.10. The molecule has 1 aliphatic rings. The van der Waals surface area contributed by atoms with Crippen LogP contribution in [0.1, 0.15) is 18.9 Å². The lowest BCUT2D eigenvalue weighted by Gasteiger charge is -2.27. The lowest BCUT2D eigenvalue weighted by molar-refractivity contribution is -0.130. The fraction of sp³-hybridized carbons (Fsp3) is 0.562. The quantitative estimate of drug-likeness (QED) is 0.848. The summed E-state index contributed by atoms with van der Waals surface area (Å²) < 4.78 is 28.5. The van der Waals surface area contributed by atoms with Gasteiger partial charge in [0.1, 0.15) is 5.75 Å². The molecular weight excluding hydrogens is 316 g/mol. The number of benzene rings is 1. The van der Waals surface area contributed by atoms with Crippen molar-refractivity contribution in [2.45, 2.75) is 26.3 Å². The van der Waals surface area contributed by atoms with E-state index < -0.39 is 9.84 Å². The molecule has 1 unspecified atom stereocenters. The molecule has 0 radical (unpaired) electrons. The van der Waals surface area contributed by atoms with Crippen LogP contribution in [0.4, 0.5) is 5.69 Å². The Bertz CT molecular complexity index is 673. The summed E-state index contributed by atoms with van der Waals surface area (Å²) in [4.78, 5) is 14.1. The summed E-state index contributed by atoms with van der Waals surface area (Å²) in [6.07, 6.45) is 0.523. The van der Waals surface area contributed by atoms with Crippen molar-refractivity contribution in [3.05, 3.63) is 23.8 Å². The highest BCUT2D eigenvalue weighted by molar-refractivity contribution is 7.91. The molecule has 7 heteroatoms. The van der Waals surface area contributed by atoms with Crippen molar-refractivity contribution < 1.29 is 17.9 Å². The molecule has 1 heterocycles. The number of anilines is 1. The first-order chi connectivity index (χ1) is 10.9. The third-order valence-corrected chi connectivity index (χ3v) is 5.85. The molecule has 0 saturated carbocycles. The molecule has 1 aromatic rings. The van der Waals surface area contributed by atoms with Gasteiger partial charge >= 0.3 is 0 Å². The van der Waals surface area contributed by atoms with Gasteiger partial charge in [-0.3, -0.25) is 4.79 Å². The van der Waals surface area contributed by atoms with Crippen LogP contribution in [0, 0.1) is 6.92 Å². The van der Waals surface area contributed by atoms with Crippen molar-refractivity contribution >= 4 is 21.4 Å².